The molecule has 1 heterocycles. The highest BCUT2D eigenvalue weighted by molar-refractivity contribution is 6.02. The Kier molecular flexibility index (Phi) is 4.67. The number of aryl methyl sites for hydroxylation is 1. The molecule has 1 heteroatoms. The van der Waals surface area contributed by atoms with Crippen LogP contribution in [-0.4, -0.2) is 0 Å². The molecule has 4 aromatic rings. The van der Waals surface area contributed by atoms with Crippen molar-refractivity contribution in [3.8, 4) is 22.3 Å². The monoisotopic (exact) mass is 389 g/mol. The zero-order valence-electron chi connectivity index (χ0n) is 17.9. The first kappa shape index (κ1) is 18.7. The molecule has 0 aromatic heterocycles. The molecule has 0 radical (unpaired) electrons. The molecule has 1 nitrogen and oxygen atoms in total. The largest absolute Gasteiger partial charge is 0.309 e. The van der Waals surface area contributed by atoms with Crippen LogP contribution in [0.25, 0.3) is 22.3 Å². The molecule has 0 N–H and O–H groups in total. The van der Waals surface area contributed by atoms with E-state index in [-0.39, 0.29) is 0 Å². The molecule has 1 unspecified atom stereocenters. The summed E-state index contributed by atoms with van der Waals surface area (Å²) in [6, 6.07) is 33.5. The molecule has 1 atom stereocenters. The van der Waals surface area contributed by atoms with Gasteiger partial charge in [-0.3, -0.25) is 0 Å². The second-order valence-corrected chi connectivity index (χ2v) is 8.32. The van der Waals surface area contributed by atoms with Crippen LogP contribution in [0.3, 0.4) is 0 Å². The Bertz CT molecular complexity index is 1200. The van der Waals surface area contributed by atoms with Crippen molar-refractivity contribution in [1.82, 2.24) is 0 Å². The summed E-state index contributed by atoms with van der Waals surface area (Å²) >= 11 is 0. The van der Waals surface area contributed by atoms with Crippen LogP contribution in [0.4, 0.5) is 17.1 Å². The first-order chi connectivity index (χ1) is 14.7. The second kappa shape index (κ2) is 7.50. The van der Waals surface area contributed by atoms with E-state index in [4.69, 9.17) is 0 Å². The number of benzene rings is 4. The Balaban J connectivity index is 1.86. The van der Waals surface area contributed by atoms with Crippen molar-refractivity contribution in [1.29, 1.82) is 0 Å². The van der Waals surface area contributed by atoms with Gasteiger partial charge in [-0.1, -0.05) is 80.1 Å². The molecule has 0 saturated carbocycles. The predicted octanol–water partition coefficient (Wildman–Crippen LogP) is 8.63. The first-order valence-corrected chi connectivity index (χ1v) is 10.9. The number of fused-ring (bicyclic) bond motifs is 5. The fraction of sp³-hybridized carbons (Fsp3) is 0.172. The highest BCUT2D eigenvalue weighted by atomic mass is 15.1. The van der Waals surface area contributed by atoms with Crippen LogP contribution < -0.4 is 4.90 Å². The highest BCUT2D eigenvalue weighted by Gasteiger charge is 2.26. The Morgan fingerprint density at radius 3 is 1.97 bits per heavy atom. The van der Waals surface area contributed by atoms with Crippen molar-refractivity contribution >= 4 is 17.1 Å². The third kappa shape index (κ3) is 3.02. The van der Waals surface area contributed by atoms with E-state index in [1.807, 2.05) is 0 Å². The average Bonchev–Trinajstić information content (AvgIpc) is 2.92. The first-order valence-electron chi connectivity index (χ1n) is 10.9. The molecule has 0 bridgehead atoms. The zero-order chi connectivity index (χ0) is 20.7. The van der Waals surface area contributed by atoms with Gasteiger partial charge in [0.2, 0.25) is 0 Å². The lowest BCUT2D eigenvalue weighted by atomic mass is 9.91. The van der Waals surface area contributed by atoms with Gasteiger partial charge in [-0.25, -0.2) is 0 Å². The molecule has 0 amide bonds. The van der Waals surface area contributed by atoms with E-state index in [1.54, 1.807) is 0 Å². The van der Waals surface area contributed by atoms with Crippen molar-refractivity contribution < 1.29 is 0 Å². The molecular formula is C29H27N. The van der Waals surface area contributed by atoms with Gasteiger partial charge in [0, 0.05) is 16.8 Å². The van der Waals surface area contributed by atoms with Gasteiger partial charge in [-0.05, 0) is 66.3 Å². The van der Waals surface area contributed by atoms with Crippen LogP contribution in [0.2, 0.25) is 0 Å². The maximum Gasteiger partial charge on any atom is 0.0540 e. The summed E-state index contributed by atoms with van der Waals surface area (Å²) in [4.78, 5) is 2.42. The topological polar surface area (TPSA) is 3.24 Å². The highest BCUT2D eigenvalue weighted by Crippen LogP contribution is 2.51. The van der Waals surface area contributed by atoms with Gasteiger partial charge in [-0.2, -0.15) is 0 Å². The molecule has 0 spiro atoms. The van der Waals surface area contributed by atoms with Crippen LogP contribution in [0.15, 0.2) is 91.0 Å². The van der Waals surface area contributed by atoms with Gasteiger partial charge < -0.3 is 4.90 Å². The second-order valence-electron chi connectivity index (χ2n) is 8.32. The fourth-order valence-corrected chi connectivity index (χ4v) is 4.46. The van der Waals surface area contributed by atoms with Crippen LogP contribution in [0.5, 0.6) is 0 Å². The summed E-state index contributed by atoms with van der Waals surface area (Å²) in [6.07, 6.45) is 1.14. The lowest BCUT2D eigenvalue weighted by Crippen LogP contribution is -2.11. The van der Waals surface area contributed by atoms with Crippen LogP contribution >= 0.6 is 0 Å². The Morgan fingerprint density at radius 1 is 0.667 bits per heavy atom. The van der Waals surface area contributed by atoms with Crippen LogP contribution in [0, 0.1) is 6.92 Å². The third-order valence-corrected chi connectivity index (χ3v) is 6.39. The normalized spacial score (nSPS) is 13.1. The summed E-state index contributed by atoms with van der Waals surface area (Å²) in [7, 11) is 0. The van der Waals surface area contributed by atoms with E-state index < -0.39 is 0 Å². The molecule has 5 rings (SSSR count). The lowest BCUT2D eigenvalue weighted by molar-refractivity contribution is 0.734. The van der Waals surface area contributed by atoms with Crippen molar-refractivity contribution in [3.63, 3.8) is 0 Å². The summed E-state index contributed by atoms with van der Waals surface area (Å²) in [5.41, 5.74) is 11.5. The zero-order valence-corrected chi connectivity index (χ0v) is 17.9. The standard InChI is InChI=1S/C29H27N/c1-4-21(3)22-15-18-29-27(19-22)25-10-6-5-9-24(25)26-11-7-8-12-28(26)30(29)23-16-13-20(2)14-17-23/h5-19,21H,4H2,1-3H3. The Hall–Kier alpha value is -3.32. The lowest BCUT2D eigenvalue weighted by Gasteiger charge is -2.28. The van der Waals surface area contributed by atoms with Crippen LogP contribution in [-0.2, 0) is 0 Å². The summed E-state index contributed by atoms with van der Waals surface area (Å²) < 4.78 is 0. The van der Waals surface area contributed by atoms with E-state index >= 15 is 0 Å². The number of nitrogens with zero attached hydrogens (tertiary/aromatic N) is 1. The maximum absolute atomic E-state index is 2.42. The van der Waals surface area contributed by atoms with Gasteiger partial charge in [0.1, 0.15) is 0 Å². The number of anilines is 3. The van der Waals surface area contributed by atoms with Gasteiger partial charge in [0.25, 0.3) is 0 Å². The quantitative estimate of drug-likeness (QED) is 0.298. The molecule has 0 fully saturated rings. The number of rotatable bonds is 3. The van der Waals surface area contributed by atoms with Gasteiger partial charge in [-0.15, -0.1) is 0 Å². The van der Waals surface area contributed by atoms with Crippen molar-refractivity contribution in [3.05, 3.63) is 102 Å². The summed E-state index contributed by atoms with van der Waals surface area (Å²) in [5, 5.41) is 0. The predicted molar refractivity (Wildman–Crippen MR) is 129 cm³/mol. The Morgan fingerprint density at radius 2 is 1.27 bits per heavy atom. The molecule has 1 aliphatic heterocycles. The maximum atomic E-state index is 2.42. The van der Waals surface area contributed by atoms with Crippen LogP contribution in [0.1, 0.15) is 37.3 Å². The van der Waals surface area contributed by atoms with E-state index in [0.29, 0.717) is 5.92 Å². The molecule has 148 valence electrons. The molecule has 0 saturated heterocycles. The number of hydrogen-bond acceptors (Lipinski definition) is 1. The molecule has 30 heavy (non-hydrogen) atoms. The summed E-state index contributed by atoms with van der Waals surface area (Å²) in [5.74, 6) is 0.543. The minimum atomic E-state index is 0.543. The molecular weight excluding hydrogens is 362 g/mol. The summed E-state index contributed by atoms with van der Waals surface area (Å²) in [6.45, 7) is 6.72. The minimum absolute atomic E-state index is 0.543. The smallest absolute Gasteiger partial charge is 0.0540 e. The number of para-hydroxylation sites is 1. The average molecular weight is 390 g/mol. The SMILES string of the molecule is CCC(C)c1ccc2c(c1)-c1ccccc1-c1ccccc1N2c1ccc(C)cc1. The van der Waals surface area contributed by atoms with Gasteiger partial charge in [0.15, 0.2) is 0 Å². The molecule has 4 aromatic carbocycles. The van der Waals surface area contributed by atoms with Crippen molar-refractivity contribution in [2.75, 3.05) is 4.90 Å². The van der Waals surface area contributed by atoms with E-state index in [1.165, 1.54) is 50.4 Å². The Labute approximate surface area is 179 Å². The molecule has 1 aliphatic rings. The third-order valence-electron chi connectivity index (χ3n) is 6.39. The van der Waals surface area contributed by atoms with Gasteiger partial charge in [0.05, 0.1) is 11.4 Å². The van der Waals surface area contributed by atoms with E-state index in [0.717, 1.165) is 6.42 Å². The molecule has 0 aliphatic carbocycles. The van der Waals surface area contributed by atoms with E-state index in [2.05, 4.69) is 117 Å². The van der Waals surface area contributed by atoms with Crippen molar-refractivity contribution in [2.45, 2.75) is 33.1 Å². The van der Waals surface area contributed by atoms with E-state index in [9.17, 15) is 0 Å². The van der Waals surface area contributed by atoms with Gasteiger partial charge >= 0.3 is 0 Å². The minimum Gasteiger partial charge on any atom is -0.309 e. The van der Waals surface area contributed by atoms with Crippen molar-refractivity contribution in [2.24, 2.45) is 0 Å². The fourth-order valence-electron chi connectivity index (χ4n) is 4.46. The number of hydrogen-bond donors (Lipinski definition) is 0.